The molecule has 15 heavy (non-hydrogen) atoms. The number of halogens is 1. The van der Waals surface area contributed by atoms with Crippen LogP contribution in [0, 0.1) is 0 Å². The fourth-order valence-electron chi connectivity index (χ4n) is 1.08. The average Bonchev–Trinajstić information content (AvgIpc) is 2.16. The summed E-state index contributed by atoms with van der Waals surface area (Å²) in [5.41, 5.74) is -0.0198. The second-order valence-electron chi connectivity index (χ2n) is 2.92. The van der Waals surface area contributed by atoms with Crippen molar-refractivity contribution in [2.24, 2.45) is 0 Å². The van der Waals surface area contributed by atoms with E-state index in [-0.39, 0.29) is 15.5 Å². The summed E-state index contributed by atoms with van der Waals surface area (Å²) in [5.74, 6) is -0.658. The maximum absolute atomic E-state index is 10.9. The molecule has 3 nitrogen and oxygen atoms in total. The Bertz CT molecular complexity index is 379. The van der Waals surface area contributed by atoms with Crippen molar-refractivity contribution in [2.75, 3.05) is 6.61 Å². The van der Waals surface area contributed by atoms with Crippen LogP contribution < -0.4 is 4.74 Å². The van der Waals surface area contributed by atoms with E-state index in [0.717, 1.165) is 6.42 Å². The molecule has 1 N–H and O–H groups in total. The highest BCUT2D eigenvalue weighted by Gasteiger charge is 2.16. The van der Waals surface area contributed by atoms with Gasteiger partial charge in [0.25, 0.3) is 0 Å². The molecule has 0 amide bonds. The zero-order chi connectivity index (χ0) is 11.4. The first kappa shape index (κ1) is 12.2. The maximum Gasteiger partial charge on any atom is 0.338 e. The Morgan fingerprint density at radius 1 is 1.60 bits per heavy atom. The van der Waals surface area contributed by atoms with E-state index >= 15 is 0 Å². The van der Waals surface area contributed by atoms with E-state index in [0.29, 0.717) is 12.4 Å². The summed E-state index contributed by atoms with van der Waals surface area (Å²) >= 11 is 9.85. The van der Waals surface area contributed by atoms with Crippen LogP contribution in [-0.2, 0) is 0 Å². The van der Waals surface area contributed by atoms with Crippen LogP contribution in [-0.4, -0.2) is 17.7 Å². The number of ether oxygens (including phenoxy) is 1. The molecule has 0 saturated heterocycles. The third-order valence-electron chi connectivity index (χ3n) is 1.77. The Hall–Kier alpha value is -0.870. The van der Waals surface area contributed by atoms with Gasteiger partial charge in [-0.25, -0.2) is 4.79 Å². The Morgan fingerprint density at radius 3 is 2.80 bits per heavy atom. The molecular formula is C10H11ClO3S. The van der Waals surface area contributed by atoms with Crippen LogP contribution in [0.1, 0.15) is 23.7 Å². The quantitative estimate of drug-likeness (QED) is 0.803. The molecule has 0 unspecified atom stereocenters. The number of aromatic carboxylic acids is 1. The first-order valence-electron chi connectivity index (χ1n) is 4.45. The molecule has 0 atom stereocenters. The summed E-state index contributed by atoms with van der Waals surface area (Å²) in [6, 6.07) is 3.11. The SMILES string of the molecule is CCCOc1ccc(Cl)c(C(=O)O)c1S. The van der Waals surface area contributed by atoms with Crippen LogP contribution in [0.4, 0.5) is 0 Å². The van der Waals surface area contributed by atoms with Crippen molar-refractivity contribution < 1.29 is 14.6 Å². The van der Waals surface area contributed by atoms with Crippen LogP contribution in [0.5, 0.6) is 5.75 Å². The molecule has 1 aromatic carbocycles. The van der Waals surface area contributed by atoms with Gasteiger partial charge >= 0.3 is 5.97 Å². The fraction of sp³-hybridized carbons (Fsp3) is 0.300. The van der Waals surface area contributed by atoms with E-state index in [2.05, 4.69) is 12.6 Å². The van der Waals surface area contributed by atoms with Gasteiger partial charge in [-0.3, -0.25) is 0 Å². The van der Waals surface area contributed by atoms with E-state index in [4.69, 9.17) is 21.4 Å². The standard InChI is InChI=1S/C10H11ClO3S/c1-2-5-14-7-4-3-6(11)8(9(7)15)10(12)13/h3-4,15H,2,5H2,1H3,(H,12,13). The Morgan fingerprint density at radius 2 is 2.27 bits per heavy atom. The molecule has 1 aromatic rings. The van der Waals surface area contributed by atoms with Crippen LogP contribution in [0.15, 0.2) is 17.0 Å². The minimum absolute atomic E-state index is 0.0198. The third-order valence-corrected chi connectivity index (χ3v) is 2.52. The van der Waals surface area contributed by atoms with Crippen LogP contribution >= 0.6 is 24.2 Å². The van der Waals surface area contributed by atoms with E-state index in [1.54, 1.807) is 6.07 Å². The lowest BCUT2D eigenvalue weighted by Crippen LogP contribution is -2.03. The lowest BCUT2D eigenvalue weighted by molar-refractivity contribution is 0.0692. The molecule has 0 aliphatic carbocycles. The molecule has 82 valence electrons. The topological polar surface area (TPSA) is 46.5 Å². The Labute approximate surface area is 98.4 Å². The molecule has 0 radical (unpaired) electrons. The van der Waals surface area contributed by atoms with Crippen molar-refractivity contribution in [3.63, 3.8) is 0 Å². The van der Waals surface area contributed by atoms with Gasteiger partial charge in [0.1, 0.15) is 5.75 Å². The lowest BCUT2D eigenvalue weighted by atomic mass is 10.2. The highest BCUT2D eigenvalue weighted by molar-refractivity contribution is 7.80. The molecule has 0 saturated carbocycles. The Kier molecular flexibility index (Phi) is 4.29. The second kappa shape index (κ2) is 5.28. The summed E-state index contributed by atoms with van der Waals surface area (Å²) < 4.78 is 5.33. The van der Waals surface area contributed by atoms with Crippen LogP contribution in [0.2, 0.25) is 5.02 Å². The number of benzene rings is 1. The van der Waals surface area contributed by atoms with Gasteiger partial charge in [0.2, 0.25) is 0 Å². The second-order valence-corrected chi connectivity index (χ2v) is 3.78. The van der Waals surface area contributed by atoms with Crippen LogP contribution in [0.3, 0.4) is 0 Å². The van der Waals surface area contributed by atoms with Gasteiger partial charge in [0, 0.05) is 0 Å². The van der Waals surface area contributed by atoms with Gasteiger partial charge in [-0.2, -0.15) is 0 Å². The summed E-state index contributed by atoms with van der Waals surface area (Å²) in [5, 5.41) is 9.07. The zero-order valence-electron chi connectivity index (χ0n) is 8.16. The molecule has 0 aliphatic heterocycles. The Balaban J connectivity index is 3.11. The van der Waals surface area contributed by atoms with Gasteiger partial charge in [0.15, 0.2) is 0 Å². The number of carboxylic acids is 1. The maximum atomic E-state index is 10.9. The normalized spacial score (nSPS) is 10.1. The average molecular weight is 247 g/mol. The van der Waals surface area contributed by atoms with Crippen molar-refractivity contribution in [3.8, 4) is 5.75 Å². The molecule has 0 aliphatic rings. The molecule has 1 rings (SSSR count). The highest BCUT2D eigenvalue weighted by Crippen LogP contribution is 2.31. The summed E-state index contributed by atoms with van der Waals surface area (Å²) in [6.07, 6.45) is 0.845. The number of rotatable bonds is 4. The number of thiol groups is 1. The first-order chi connectivity index (χ1) is 7.07. The monoisotopic (exact) mass is 246 g/mol. The fourth-order valence-corrected chi connectivity index (χ4v) is 1.74. The molecule has 0 heterocycles. The molecule has 0 bridgehead atoms. The van der Waals surface area contributed by atoms with E-state index in [1.165, 1.54) is 6.07 Å². The predicted molar refractivity (Wildman–Crippen MR) is 61.4 cm³/mol. The third kappa shape index (κ3) is 2.79. The molecule has 0 aromatic heterocycles. The number of hydrogen-bond donors (Lipinski definition) is 2. The van der Waals surface area contributed by atoms with Crippen molar-refractivity contribution >= 4 is 30.2 Å². The minimum atomic E-state index is -1.10. The van der Waals surface area contributed by atoms with E-state index in [9.17, 15) is 4.79 Å². The van der Waals surface area contributed by atoms with Gasteiger partial charge in [0.05, 0.1) is 22.1 Å². The van der Waals surface area contributed by atoms with Crippen LogP contribution in [0.25, 0.3) is 0 Å². The van der Waals surface area contributed by atoms with Gasteiger partial charge in [-0.1, -0.05) is 18.5 Å². The molecule has 0 spiro atoms. The van der Waals surface area contributed by atoms with Gasteiger partial charge in [-0.05, 0) is 18.6 Å². The smallest absolute Gasteiger partial charge is 0.338 e. The molecular weight excluding hydrogens is 236 g/mol. The summed E-state index contributed by atoms with van der Waals surface area (Å²) in [7, 11) is 0. The van der Waals surface area contributed by atoms with Crippen molar-refractivity contribution in [1.82, 2.24) is 0 Å². The minimum Gasteiger partial charge on any atom is -0.492 e. The predicted octanol–water partition coefficient (Wildman–Crippen LogP) is 3.12. The first-order valence-corrected chi connectivity index (χ1v) is 5.28. The molecule has 5 heteroatoms. The number of carboxylic acid groups (broad SMARTS) is 1. The van der Waals surface area contributed by atoms with Crippen molar-refractivity contribution in [1.29, 1.82) is 0 Å². The van der Waals surface area contributed by atoms with Gasteiger partial charge in [-0.15, -0.1) is 12.6 Å². The number of hydrogen-bond acceptors (Lipinski definition) is 3. The summed E-state index contributed by atoms with van der Waals surface area (Å²) in [6.45, 7) is 2.49. The molecule has 0 fully saturated rings. The zero-order valence-corrected chi connectivity index (χ0v) is 9.81. The van der Waals surface area contributed by atoms with Crippen molar-refractivity contribution in [2.45, 2.75) is 18.2 Å². The highest BCUT2D eigenvalue weighted by atomic mass is 35.5. The van der Waals surface area contributed by atoms with E-state index in [1.807, 2.05) is 6.92 Å². The van der Waals surface area contributed by atoms with E-state index < -0.39 is 5.97 Å². The van der Waals surface area contributed by atoms with Gasteiger partial charge < -0.3 is 9.84 Å². The lowest BCUT2D eigenvalue weighted by Gasteiger charge is -2.10. The summed E-state index contributed by atoms with van der Waals surface area (Å²) in [4.78, 5) is 11.1. The largest absolute Gasteiger partial charge is 0.492 e. The number of carbonyl (C=O) groups is 1. The van der Waals surface area contributed by atoms with Crippen molar-refractivity contribution in [3.05, 3.63) is 22.7 Å².